The Balaban J connectivity index is 1.70. The highest BCUT2D eigenvalue weighted by Gasteiger charge is 2.21. The van der Waals surface area contributed by atoms with Crippen LogP contribution in [0.4, 0.5) is 0 Å². The summed E-state index contributed by atoms with van der Waals surface area (Å²) in [6.45, 7) is 6.67. The molecule has 20 heavy (non-hydrogen) atoms. The summed E-state index contributed by atoms with van der Waals surface area (Å²) in [5.41, 5.74) is 3.58. The molecule has 0 spiro atoms. The SMILES string of the molecule is CNCC1CCN(Cc2ccc3nc(C)ccc3c2)C1. The van der Waals surface area contributed by atoms with Gasteiger partial charge in [0, 0.05) is 24.2 Å². The number of fused-ring (bicyclic) bond motifs is 1. The lowest BCUT2D eigenvalue weighted by molar-refractivity contribution is 0.315. The molecule has 1 fully saturated rings. The van der Waals surface area contributed by atoms with Crippen LogP contribution in [0.15, 0.2) is 30.3 Å². The minimum absolute atomic E-state index is 0.810. The van der Waals surface area contributed by atoms with E-state index in [1.54, 1.807) is 0 Å². The van der Waals surface area contributed by atoms with Crippen LogP contribution < -0.4 is 5.32 Å². The number of likely N-dealkylation sites (tertiary alicyclic amines) is 1. The number of nitrogens with one attached hydrogen (secondary N) is 1. The molecule has 0 amide bonds. The van der Waals surface area contributed by atoms with E-state index in [1.165, 1.54) is 30.5 Å². The molecule has 2 heterocycles. The van der Waals surface area contributed by atoms with E-state index in [-0.39, 0.29) is 0 Å². The van der Waals surface area contributed by atoms with Gasteiger partial charge >= 0.3 is 0 Å². The second kappa shape index (κ2) is 5.90. The average molecular weight is 269 g/mol. The highest BCUT2D eigenvalue weighted by molar-refractivity contribution is 5.79. The number of benzene rings is 1. The quantitative estimate of drug-likeness (QED) is 0.924. The minimum Gasteiger partial charge on any atom is -0.319 e. The standard InChI is InChI=1S/C17H23N3/c1-13-3-5-16-9-14(4-6-17(16)19-13)11-20-8-7-15(12-20)10-18-2/h3-6,9,15,18H,7-8,10-12H2,1-2H3. The maximum atomic E-state index is 4.56. The molecule has 1 aromatic carbocycles. The second-order valence-electron chi connectivity index (χ2n) is 5.93. The van der Waals surface area contributed by atoms with Gasteiger partial charge in [0.05, 0.1) is 5.52 Å². The lowest BCUT2D eigenvalue weighted by Crippen LogP contribution is -2.24. The van der Waals surface area contributed by atoms with Crippen molar-refractivity contribution in [2.24, 2.45) is 5.92 Å². The lowest BCUT2D eigenvalue weighted by Gasteiger charge is -2.16. The van der Waals surface area contributed by atoms with Crippen molar-refractivity contribution in [2.75, 3.05) is 26.7 Å². The van der Waals surface area contributed by atoms with Gasteiger partial charge < -0.3 is 5.32 Å². The monoisotopic (exact) mass is 269 g/mol. The zero-order chi connectivity index (χ0) is 13.9. The molecule has 3 rings (SSSR count). The van der Waals surface area contributed by atoms with Crippen LogP contribution in [-0.4, -0.2) is 36.6 Å². The number of nitrogens with zero attached hydrogens (tertiary/aromatic N) is 2. The van der Waals surface area contributed by atoms with Crippen LogP contribution in [0.5, 0.6) is 0 Å². The van der Waals surface area contributed by atoms with Crippen LogP contribution in [0.1, 0.15) is 17.7 Å². The third-order valence-corrected chi connectivity index (χ3v) is 4.16. The fraction of sp³-hybridized carbons (Fsp3) is 0.471. The molecule has 2 aromatic rings. The fourth-order valence-corrected chi connectivity index (χ4v) is 3.15. The Morgan fingerprint density at radius 1 is 1.30 bits per heavy atom. The summed E-state index contributed by atoms with van der Waals surface area (Å²) in [6.07, 6.45) is 1.31. The molecule has 3 nitrogen and oxygen atoms in total. The first kappa shape index (κ1) is 13.5. The Hall–Kier alpha value is -1.45. The molecule has 1 N–H and O–H groups in total. The molecule has 0 radical (unpaired) electrons. The van der Waals surface area contributed by atoms with E-state index in [0.29, 0.717) is 0 Å². The molecular formula is C17H23N3. The molecule has 3 heteroatoms. The van der Waals surface area contributed by atoms with Crippen molar-refractivity contribution in [1.82, 2.24) is 15.2 Å². The largest absolute Gasteiger partial charge is 0.319 e. The van der Waals surface area contributed by atoms with E-state index in [4.69, 9.17) is 0 Å². The van der Waals surface area contributed by atoms with Gasteiger partial charge in [0.2, 0.25) is 0 Å². The zero-order valence-electron chi connectivity index (χ0n) is 12.4. The predicted molar refractivity (Wildman–Crippen MR) is 83.8 cm³/mol. The minimum atomic E-state index is 0.810. The fourth-order valence-electron chi connectivity index (χ4n) is 3.15. The maximum Gasteiger partial charge on any atom is 0.0705 e. The highest BCUT2D eigenvalue weighted by Crippen LogP contribution is 2.20. The predicted octanol–water partition coefficient (Wildman–Crippen LogP) is 2.58. The summed E-state index contributed by atoms with van der Waals surface area (Å²) in [4.78, 5) is 7.12. The summed E-state index contributed by atoms with van der Waals surface area (Å²) < 4.78 is 0. The number of pyridine rings is 1. The van der Waals surface area contributed by atoms with E-state index in [9.17, 15) is 0 Å². The first-order valence-corrected chi connectivity index (χ1v) is 7.48. The number of aromatic nitrogens is 1. The van der Waals surface area contributed by atoms with Crippen LogP contribution in [0.25, 0.3) is 10.9 Å². The molecular weight excluding hydrogens is 246 g/mol. The Labute approximate surface area is 121 Å². The van der Waals surface area contributed by atoms with Crippen LogP contribution >= 0.6 is 0 Å². The number of aryl methyl sites for hydroxylation is 1. The van der Waals surface area contributed by atoms with Crippen molar-refractivity contribution >= 4 is 10.9 Å². The number of hydrogen-bond donors (Lipinski definition) is 1. The van der Waals surface area contributed by atoms with Gasteiger partial charge in [-0.05, 0) is 63.2 Å². The number of rotatable bonds is 4. The van der Waals surface area contributed by atoms with Crippen molar-refractivity contribution in [3.63, 3.8) is 0 Å². The summed E-state index contributed by atoms with van der Waals surface area (Å²) in [5, 5.41) is 4.54. The summed E-state index contributed by atoms with van der Waals surface area (Å²) >= 11 is 0. The van der Waals surface area contributed by atoms with Crippen LogP contribution in [0, 0.1) is 12.8 Å². The van der Waals surface area contributed by atoms with Gasteiger partial charge in [-0.25, -0.2) is 0 Å². The van der Waals surface area contributed by atoms with E-state index in [2.05, 4.69) is 45.5 Å². The molecule has 1 aromatic heterocycles. The molecule has 1 aliphatic heterocycles. The van der Waals surface area contributed by atoms with Crippen molar-refractivity contribution in [2.45, 2.75) is 19.9 Å². The van der Waals surface area contributed by atoms with E-state index in [1.807, 2.05) is 14.0 Å². The van der Waals surface area contributed by atoms with E-state index >= 15 is 0 Å². The third kappa shape index (κ3) is 3.00. The van der Waals surface area contributed by atoms with Crippen molar-refractivity contribution < 1.29 is 0 Å². The first-order valence-electron chi connectivity index (χ1n) is 7.48. The van der Waals surface area contributed by atoms with Crippen molar-refractivity contribution in [3.8, 4) is 0 Å². The Morgan fingerprint density at radius 2 is 2.20 bits per heavy atom. The van der Waals surface area contributed by atoms with Crippen LogP contribution in [0.2, 0.25) is 0 Å². The Morgan fingerprint density at radius 3 is 3.05 bits per heavy atom. The van der Waals surface area contributed by atoms with Gasteiger partial charge in [-0.2, -0.15) is 0 Å². The maximum absolute atomic E-state index is 4.56. The lowest BCUT2D eigenvalue weighted by atomic mass is 10.1. The van der Waals surface area contributed by atoms with Gasteiger partial charge in [0.15, 0.2) is 0 Å². The molecule has 1 saturated heterocycles. The zero-order valence-corrected chi connectivity index (χ0v) is 12.4. The summed E-state index contributed by atoms with van der Waals surface area (Å²) in [7, 11) is 2.04. The van der Waals surface area contributed by atoms with E-state index < -0.39 is 0 Å². The topological polar surface area (TPSA) is 28.2 Å². The average Bonchev–Trinajstić information content (AvgIpc) is 2.87. The van der Waals surface area contributed by atoms with Gasteiger partial charge in [-0.15, -0.1) is 0 Å². The van der Waals surface area contributed by atoms with Crippen molar-refractivity contribution in [3.05, 3.63) is 41.6 Å². The van der Waals surface area contributed by atoms with Crippen molar-refractivity contribution in [1.29, 1.82) is 0 Å². The number of hydrogen-bond acceptors (Lipinski definition) is 3. The van der Waals surface area contributed by atoms with Gasteiger partial charge in [0.25, 0.3) is 0 Å². The highest BCUT2D eigenvalue weighted by atomic mass is 15.1. The molecule has 1 unspecified atom stereocenters. The van der Waals surface area contributed by atoms with Gasteiger partial charge in [-0.1, -0.05) is 12.1 Å². The molecule has 0 bridgehead atoms. The van der Waals surface area contributed by atoms with Gasteiger partial charge in [-0.3, -0.25) is 9.88 Å². The second-order valence-corrected chi connectivity index (χ2v) is 5.93. The normalized spacial score (nSPS) is 19.8. The summed E-state index contributed by atoms with van der Waals surface area (Å²) in [6, 6.07) is 10.9. The first-order chi connectivity index (χ1) is 9.74. The Kier molecular flexibility index (Phi) is 3.99. The molecule has 106 valence electrons. The smallest absolute Gasteiger partial charge is 0.0705 e. The summed E-state index contributed by atoms with van der Waals surface area (Å²) in [5.74, 6) is 0.810. The third-order valence-electron chi connectivity index (χ3n) is 4.16. The molecule has 0 aliphatic carbocycles. The molecule has 1 aliphatic rings. The van der Waals surface area contributed by atoms with Crippen LogP contribution in [-0.2, 0) is 6.54 Å². The Bertz CT molecular complexity index is 594. The molecule has 0 saturated carbocycles. The molecule has 1 atom stereocenters. The van der Waals surface area contributed by atoms with Gasteiger partial charge in [0.1, 0.15) is 0 Å². The van der Waals surface area contributed by atoms with E-state index in [0.717, 1.165) is 30.2 Å². The van der Waals surface area contributed by atoms with Crippen LogP contribution in [0.3, 0.4) is 0 Å².